The van der Waals surface area contributed by atoms with E-state index in [0.29, 0.717) is 21.0 Å². The molecule has 2 aromatic rings. The maximum absolute atomic E-state index is 13.0. The van der Waals surface area contributed by atoms with Crippen LogP contribution in [0.25, 0.3) is 0 Å². The number of nitrogens with one attached hydrogen (secondary N) is 1. The molecular formula is C15H14BrClFNO. The van der Waals surface area contributed by atoms with Gasteiger partial charge in [0.1, 0.15) is 17.3 Å². The Morgan fingerprint density at radius 2 is 1.90 bits per heavy atom. The molecule has 1 unspecified atom stereocenters. The number of rotatable bonds is 4. The molecule has 0 fully saturated rings. The van der Waals surface area contributed by atoms with Crippen molar-refractivity contribution in [2.24, 2.45) is 0 Å². The van der Waals surface area contributed by atoms with Gasteiger partial charge in [0, 0.05) is 6.04 Å². The van der Waals surface area contributed by atoms with Crippen LogP contribution < -0.4 is 10.1 Å². The summed E-state index contributed by atoms with van der Waals surface area (Å²) in [5.41, 5.74) is 1.07. The first-order chi connectivity index (χ1) is 9.51. The molecule has 0 radical (unpaired) electrons. The lowest BCUT2D eigenvalue weighted by molar-refractivity contribution is 0.477. The highest BCUT2D eigenvalue weighted by Crippen LogP contribution is 2.35. The SMILES string of the molecule is CNC(C)c1ccc(Oc2ccc(F)cc2Br)c(Cl)c1. The summed E-state index contributed by atoms with van der Waals surface area (Å²) in [6.45, 7) is 2.04. The van der Waals surface area contributed by atoms with Gasteiger partial charge < -0.3 is 10.1 Å². The smallest absolute Gasteiger partial charge is 0.146 e. The zero-order chi connectivity index (χ0) is 14.7. The van der Waals surface area contributed by atoms with E-state index in [9.17, 15) is 4.39 Å². The van der Waals surface area contributed by atoms with E-state index in [1.165, 1.54) is 12.1 Å². The summed E-state index contributed by atoms with van der Waals surface area (Å²) in [6.07, 6.45) is 0. The standard InChI is InChI=1S/C15H14BrClFNO/c1-9(19-2)10-3-5-15(13(17)7-10)20-14-6-4-11(18)8-12(14)16/h3-9,19H,1-2H3. The Kier molecular flexibility index (Phi) is 5.02. The first-order valence-corrected chi connectivity index (χ1v) is 7.28. The number of halogens is 3. The summed E-state index contributed by atoms with van der Waals surface area (Å²) in [7, 11) is 1.89. The van der Waals surface area contributed by atoms with E-state index in [4.69, 9.17) is 16.3 Å². The van der Waals surface area contributed by atoms with E-state index in [2.05, 4.69) is 21.2 Å². The summed E-state index contributed by atoms with van der Waals surface area (Å²) in [5.74, 6) is 0.724. The van der Waals surface area contributed by atoms with Gasteiger partial charge in [0.25, 0.3) is 0 Å². The summed E-state index contributed by atoms with van der Waals surface area (Å²) in [4.78, 5) is 0. The third-order valence-electron chi connectivity index (χ3n) is 3.00. The van der Waals surface area contributed by atoms with Gasteiger partial charge in [-0.3, -0.25) is 0 Å². The van der Waals surface area contributed by atoms with Gasteiger partial charge in [-0.15, -0.1) is 0 Å². The van der Waals surface area contributed by atoms with Gasteiger partial charge in [0.15, 0.2) is 0 Å². The van der Waals surface area contributed by atoms with Gasteiger partial charge >= 0.3 is 0 Å². The van der Waals surface area contributed by atoms with Crippen molar-refractivity contribution >= 4 is 27.5 Å². The molecule has 0 heterocycles. The van der Waals surface area contributed by atoms with Crippen LogP contribution in [0.3, 0.4) is 0 Å². The summed E-state index contributed by atoms with van der Waals surface area (Å²) in [6, 6.07) is 10.1. The highest BCUT2D eigenvalue weighted by Gasteiger charge is 2.10. The van der Waals surface area contributed by atoms with E-state index in [0.717, 1.165) is 5.56 Å². The van der Waals surface area contributed by atoms with Crippen molar-refractivity contribution in [3.63, 3.8) is 0 Å². The van der Waals surface area contributed by atoms with Crippen LogP contribution in [0.15, 0.2) is 40.9 Å². The zero-order valence-corrected chi connectivity index (χ0v) is 13.4. The molecule has 0 saturated carbocycles. The van der Waals surface area contributed by atoms with E-state index >= 15 is 0 Å². The van der Waals surface area contributed by atoms with Crippen LogP contribution in [-0.2, 0) is 0 Å². The summed E-state index contributed by atoms with van der Waals surface area (Å²) >= 11 is 9.48. The van der Waals surface area contributed by atoms with Gasteiger partial charge in [0.2, 0.25) is 0 Å². The molecule has 0 amide bonds. The third-order valence-corrected chi connectivity index (χ3v) is 3.92. The zero-order valence-electron chi connectivity index (χ0n) is 11.1. The van der Waals surface area contributed by atoms with Crippen molar-refractivity contribution in [3.05, 3.63) is 57.3 Å². The number of benzene rings is 2. The van der Waals surface area contributed by atoms with Crippen LogP contribution in [0.2, 0.25) is 5.02 Å². The first-order valence-electron chi connectivity index (χ1n) is 6.11. The summed E-state index contributed by atoms with van der Waals surface area (Å²) in [5, 5.41) is 3.66. The van der Waals surface area contributed by atoms with Crippen molar-refractivity contribution < 1.29 is 9.13 Å². The molecule has 20 heavy (non-hydrogen) atoms. The monoisotopic (exact) mass is 357 g/mol. The average molecular weight is 359 g/mol. The van der Waals surface area contributed by atoms with Crippen molar-refractivity contribution in [3.8, 4) is 11.5 Å². The van der Waals surface area contributed by atoms with Crippen LogP contribution >= 0.6 is 27.5 Å². The lowest BCUT2D eigenvalue weighted by Gasteiger charge is -2.14. The molecule has 0 bridgehead atoms. The highest BCUT2D eigenvalue weighted by molar-refractivity contribution is 9.10. The van der Waals surface area contributed by atoms with Crippen LogP contribution in [0.5, 0.6) is 11.5 Å². The van der Waals surface area contributed by atoms with E-state index in [-0.39, 0.29) is 11.9 Å². The maximum atomic E-state index is 13.0. The Labute approximate surface area is 131 Å². The second-order valence-corrected chi connectivity index (χ2v) is 5.64. The number of ether oxygens (including phenoxy) is 1. The quantitative estimate of drug-likeness (QED) is 0.799. The predicted octanol–water partition coefficient (Wildman–Crippen LogP) is 5.31. The molecule has 1 N–H and O–H groups in total. The second-order valence-electron chi connectivity index (χ2n) is 4.38. The fourth-order valence-corrected chi connectivity index (χ4v) is 2.37. The topological polar surface area (TPSA) is 21.3 Å². The van der Waals surface area contributed by atoms with Crippen LogP contribution in [0.4, 0.5) is 4.39 Å². The molecule has 2 aromatic carbocycles. The first kappa shape index (κ1) is 15.3. The van der Waals surface area contributed by atoms with Gasteiger partial charge in [-0.1, -0.05) is 17.7 Å². The third kappa shape index (κ3) is 3.51. The van der Waals surface area contributed by atoms with Crippen molar-refractivity contribution in [2.45, 2.75) is 13.0 Å². The molecular weight excluding hydrogens is 345 g/mol. The Morgan fingerprint density at radius 3 is 2.50 bits per heavy atom. The van der Waals surface area contributed by atoms with Gasteiger partial charge in [-0.2, -0.15) is 0 Å². The number of hydrogen-bond donors (Lipinski definition) is 1. The molecule has 0 aliphatic carbocycles. The van der Waals surface area contributed by atoms with E-state index < -0.39 is 0 Å². The highest BCUT2D eigenvalue weighted by atomic mass is 79.9. The summed E-state index contributed by atoms with van der Waals surface area (Å²) < 4.78 is 19.3. The Bertz CT molecular complexity index is 621. The lowest BCUT2D eigenvalue weighted by Crippen LogP contribution is -2.12. The van der Waals surface area contributed by atoms with E-state index in [1.54, 1.807) is 12.1 Å². The maximum Gasteiger partial charge on any atom is 0.146 e. The fraction of sp³-hybridized carbons (Fsp3) is 0.200. The minimum atomic E-state index is -0.325. The molecule has 5 heteroatoms. The molecule has 0 aliphatic rings. The Hall–Kier alpha value is -1.10. The van der Waals surface area contributed by atoms with Crippen LogP contribution in [0, 0.1) is 5.82 Å². The molecule has 0 saturated heterocycles. The molecule has 2 rings (SSSR count). The predicted molar refractivity (Wildman–Crippen MR) is 83.1 cm³/mol. The normalized spacial score (nSPS) is 12.2. The molecule has 0 spiro atoms. The van der Waals surface area contributed by atoms with Crippen LogP contribution in [0.1, 0.15) is 18.5 Å². The lowest BCUT2D eigenvalue weighted by atomic mass is 10.1. The molecule has 0 aromatic heterocycles. The van der Waals surface area contributed by atoms with Crippen molar-refractivity contribution in [2.75, 3.05) is 7.05 Å². The molecule has 1 atom stereocenters. The largest absolute Gasteiger partial charge is 0.455 e. The second kappa shape index (κ2) is 6.57. The van der Waals surface area contributed by atoms with Crippen molar-refractivity contribution in [1.82, 2.24) is 5.32 Å². The Balaban J connectivity index is 2.25. The minimum absolute atomic E-state index is 0.208. The average Bonchev–Trinajstić information content (AvgIpc) is 2.42. The van der Waals surface area contributed by atoms with Crippen molar-refractivity contribution in [1.29, 1.82) is 0 Å². The fourth-order valence-electron chi connectivity index (χ4n) is 1.71. The Morgan fingerprint density at radius 1 is 1.20 bits per heavy atom. The molecule has 2 nitrogen and oxygen atoms in total. The molecule has 0 aliphatic heterocycles. The van der Waals surface area contributed by atoms with Gasteiger partial charge in [-0.05, 0) is 65.8 Å². The van der Waals surface area contributed by atoms with E-state index in [1.807, 2.05) is 26.1 Å². The van der Waals surface area contributed by atoms with Gasteiger partial charge in [0.05, 0.1) is 9.50 Å². The number of hydrogen-bond acceptors (Lipinski definition) is 2. The van der Waals surface area contributed by atoms with Gasteiger partial charge in [-0.25, -0.2) is 4.39 Å². The van der Waals surface area contributed by atoms with Crippen LogP contribution in [-0.4, -0.2) is 7.05 Å². The minimum Gasteiger partial charge on any atom is -0.455 e. The molecule has 106 valence electrons.